The average molecular weight is 234 g/mol. The molecule has 17 heavy (non-hydrogen) atoms. The molecule has 1 aliphatic rings. The van der Waals surface area contributed by atoms with Crippen molar-refractivity contribution in [3.63, 3.8) is 0 Å². The Hall–Kier alpha value is -1.55. The highest BCUT2D eigenvalue weighted by Gasteiger charge is 2.37. The van der Waals surface area contributed by atoms with Crippen molar-refractivity contribution in [3.8, 4) is 0 Å². The van der Waals surface area contributed by atoms with Gasteiger partial charge in [0.25, 0.3) is 0 Å². The highest BCUT2D eigenvalue weighted by atomic mass is 16.4. The first kappa shape index (κ1) is 11.9. The summed E-state index contributed by atoms with van der Waals surface area (Å²) in [6, 6.07) is 7.57. The number of likely N-dealkylation sites (N-methyl/N-ethyl adjacent to an activating group) is 1. The molecule has 4 nitrogen and oxygen atoms in total. The average Bonchev–Trinajstić information content (AvgIpc) is 2.73. The molecule has 0 bridgehead atoms. The molecule has 1 aliphatic heterocycles. The molecule has 92 valence electrons. The standard InChI is InChI=1S/C13H18N2O2/c1-2-15-7-11(12(8-15)13(16)17)9-4-3-5-10(14)6-9/h3-6,11-12H,2,7-8,14H2,1H3,(H,16,17). The lowest BCUT2D eigenvalue weighted by Gasteiger charge is -2.15. The second-order valence-corrected chi connectivity index (χ2v) is 4.57. The van der Waals surface area contributed by atoms with Crippen LogP contribution in [0.25, 0.3) is 0 Å². The molecule has 1 aromatic carbocycles. The summed E-state index contributed by atoms with van der Waals surface area (Å²) in [5, 5.41) is 9.27. The van der Waals surface area contributed by atoms with Crippen molar-refractivity contribution in [1.82, 2.24) is 4.90 Å². The van der Waals surface area contributed by atoms with E-state index in [9.17, 15) is 9.90 Å². The summed E-state index contributed by atoms with van der Waals surface area (Å²) in [5.41, 5.74) is 7.49. The van der Waals surface area contributed by atoms with Crippen LogP contribution in [0.1, 0.15) is 18.4 Å². The molecular formula is C13H18N2O2. The van der Waals surface area contributed by atoms with Crippen molar-refractivity contribution >= 4 is 11.7 Å². The van der Waals surface area contributed by atoms with Crippen LogP contribution in [0, 0.1) is 5.92 Å². The van der Waals surface area contributed by atoms with Gasteiger partial charge in [-0.3, -0.25) is 4.79 Å². The minimum atomic E-state index is -0.714. The molecule has 0 aliphatic carbocycles. The maximum atomic E-state index is 11.3. The van der Waals surface area contributed by atoms with E-state index in [1.165, 1.54) is 0 Å². The number of nitrogens with zero attached hydrogens (tertiary/aromatic N) is 1. The third-order valence-electron chi connectivity index (χ3n) is 3.50. The van der Waals surface area contributed by atoms with Gasteiger partial charge in [-0.2, -0.15) is 0 Å². The number of nitrogens with two attached hydrogens (primary N) is 1. The quantitative estimate of drug-likeness (QED) is 0.776. The lowest BCUT2D eigenvalue weighted by molar-refractivity contribution is -0.141. The fourth-order valence-electron chi connectivity index (χ4n) is 2.52. The molecule has 4 heteroatoms. The zero-order valence-corrected chi connectivity index (χ0v) is 9.97. The van der Waals surface area contributed by atoms with Crippen molar-refractivity contribution in [2.45, 2.75) is 12.8 Å². The molecule has 0 saturated carbocycles. The van der Waals surface area contributed by atoms with Crippen LogP contribution in [0.5, 0.6) is 0 Å². The van der Waals surface area contributed by atoms with E-state index in [0.29, 0.717) is 12.2 Å². The number of aliphatic carboxylic acids is 1. The van der Waals surface area contributed by atoms with E-state index >= 15 is 0 Å². The Kier molecular flexibility index (Phi) is 3.33. The molecule has 0 spiro atoms. The van der Waals surface area contributed by atoms with E-state index in [1.807, 2.05) is 24.3 Å². The van der Waals surface area contributed by atoms with Gasteiger partial charge in [0, 0.05) is 24.7 Å². The third kappa shape index (κ3) is 2.42. The SMILES string of the molecule is CCN1CC(C(=O)O)C(c2cccc(N)c2)C1. The lowest BCUT2D eigenvalue weighted by atomic mass is 9.89. The summed E-state index contributed by atoms with van der Waals surface area (Å²) in [5.74, 6) is -0.985. The minimum absolute atomic E-state index is 0.0518. The molecule has 2 atom stereocenters. The van der Waals surface area contributed by atoms with Crippen LogP contribution < -0.4 is 5.73 Å². The summed E-state index contributed by atoms with van der Waals surface area (Å²) in [7, 11) is 0. The summed E-state index contributed by atoms with van der Waals surface area (Å²) in [6.45, 7) is 4.38. The number of nitrogen functional groups attached to an aromatic ring is 1. The van der Waals surface area contributed by atoms with E-state index in [0.717, 1.165) is 18.7 Å². The Morgan fingerprint density at radius 1 is 1.53 bits per heavy atom. The van der Waals surface area contributed by atoms with E-state index in [4.69, 9.17) is 5.73 Å². The van der Waals surface area contributed by atoms with Crippen LogP contribution in [0.15, 0.2) is 24.3 Å². The number of carboxylic acid groups (broad SMARTS) is 1. The largest absolute Gasteiger partial charge is 0.481 e. The molecule has 2 unspecified atom stereocenters. The first-order chi connectivity index (χ1) is 8.11. The Bertz CT molecular complexity index is 420. The Morgan fingerprint density at radius 2 is 2.29 bits per heavy atom. The zero-order chi connectivity index (χ0) is 12.4. The Balaban J connectivity index is 2.26. The smallest absolute Gasteiger partial charge is 0.308 e. The number of hydrogen-bond acceptors (Lipinski definition) is 3. The molecule has 0 radical (unpaired) electrons. The second kappa shape index (κ2) is 4.75. The number of likely N-dealkylation sites (tertiary alicyclic amines) is 1. The summed E-state index contributed by atoms with van der Waals surface area (Å²) in [4.78, 5) is 13.4. The van der Waals surface area contributed by atoms with Gasteiger partial charge in [0.05, 0.1) is 5.92 Å². The molecular weight excluding hydrogens is 216 g/mol. The van der Waals surface area contributed by atoms with Crippen molar-refractivity contribution < 1.29 is 9.90 Å². The number of rotatable bonds is 3. The molecule has 1 heterocycles. The second-order valence-electron chi connectivity index (χ2n) is 4.57. The molecule has 1 saturated heterocycles. The predicted molar refractivity (Wildman–Crippen MR) is 66.8 cm³/mol. The molecule has 0 amide bonds. The van der Waals surface area contributed by atoms with Crippen molar-refractivity contribution in [2.75, 3.05) is 25.4 Å². The highest BCUT2D eigenvalue weighted by Crippen LogP contribution is 2.33. The first-order valence-electron chi connectivity index (χ1n) is 5.92. The monoisotopic (exact) mass is 234 g/mol. The third-order valence-corrected chi connectivity index (χ3v) is 3.50. The van der Waals surface area contributed by atoms with Gasteiger partial charge in [-0.25, -0.2) is 0 Å². The fourth-order valence-corrected chi connectivity index (χ4v) is 2.52. The lowest BCUT2D eigenvalue weighted by Crippen LogP contribution is -2.23. The van der Waals surface area contributed by atoms with Crippen molar-refractivity contribution in [2.24, 2.45) is 5.92 Å². The molecule has 0 aromatic heterocycles. The molecule has 3 N–H and O–H groups in total. The van der Waals surface area contributed by atoms with Gasteiger partial charge in [0.2, 0.25) is 0 Å². The molecule has 2 rings (SSSR count). The van der Waals surface area contributed by atoms with Gasteiger partial charge >= 0.3 is 5.97 Å². The topological polar surface area (TPSA) is 66.6 Å². The minimum Gasteiger partial charge on any atom is -0.481 e. The predicted octanol–water partition coefficient (Wildman–Crippen LogP) is 1.39. The number of anilines is 1. The van der Waals surface area contributed by atoms with Gasteiger partial charge < -0.3 is 15.7 Å². The summed E-state index contributed by atoms with van der Waals surface area (Å²) < 4.78 is 0. The molecule has 1 fully saturated rings. The van der Waals surface area contributed by atoms with Crippen LogP contribution in [0.4, 0.5) is 5.69 Å². The summed E-state index contributed by atoms with van der Waals surface area (Å²) >= 11 is 0. The van der Waals surface area contributed by atoms with Crippen LogP contribution >= 0.6 is 0 Å². The maximum absolute atomic E-state index is 11.3. The summed E-state index contributed by atoms with van der Waals surface area (Å²) in [6.07, 6.45) is 0. The number of hydrogen-bond donors (Lipinski definition) is 2. The van der Waals surface area contributed by atoms with Crippen LogP contribution in [0.3, 0.4) is 0 Å². The Morgan fingerprint density at radius 3 is 2.88 bits per heavy atom. The number of carboxylic acids is 1. The molecule has 1 aromatic rings. The maximum Gasteiger partial charge on any atom is 0.308 e. The van der Waals surface area contributed by atoms with E-state index in [2.05, 4.69) is 11.8 Å². The van der Waals surface area contributed by atoms with Crippen LogP contribution in [-0.4, -0.2) is 35.6 Å². The normalized spacial score (nSPS) is 25.0. The van der Waals surface area contributed by atoms with Crippen molar-refractivity contribution in [1.29, 1.82) is 0 Å². The first-order valence-corrected chi connectivity index (χ1v) is 5.92. The Labute approximate surface area is 101 Å². The van der Waals surface area contributed by atoms with Crippen LogP contribution in [0.2, 0.25) is 0 Å². The van der Waals surface area contributed by atoms with E-state index < -0.39 is 5.97 Å². The van der Waals surface area contributed by atoms with E-state index in [1.54, 1.807) is 0 Å². The highest BCUT2D eigenvalue weighted by molar-refractivity contribution is 5.72. The zero-order valence-electron chi connectivity index (χ0n) is 9.97. The van der Waals surface area contributed by atoms with Gasteiger partial charge in [0.1, 0.15) is 0 Å². The van der Waals surface area contributed by atoms with Gasteiger partial charge in [0.15, 0.2) is 0 Å². The van der Waals surface area contributed by atoms with Crippen LogP contribution in [-0.2, 0) is 4.79 Å². The van der Waals surface area contributed by atoms with Gasteiger partial charge in [-0.15, -0.1) is 0 Å². The number of carbonyl (C=O) groups is 1. The van der Waals surface area contributed by atoms with Gasteiger partial charge in [-0.1, -0.05) is 19.1 Å². The van der Waals surface area contributed by atoms with E-state index in [-0.39, 0.29) is 11.8 Å². The number of benzene rings is 1. The van der Waals surface area contributed by atoms with Gasteiger partial charge in [-0.05, 0) is 24.2 Å². The fraction of sp³-hybridized carbons (Fsp3) is 0.462. The van der Waals surface area contributed by atoms with Crippen molar-refractivity contribution in [3.05, 3.63) is 29.8 Å².